The zero-order valence-electron chi connectivity index (χ0n) is 11.8. The van der Waals surface area contributed by atoms with Crippen LogP contribution in [0, 0.1) is 0 Å². The number of hydrogen-bond donors (Lipinski definition) is 1. The molecule has 0 saturated carbocycles. The van der Waals surface area contributed by atoms with Crippen molar-refractivity contribution < 1.29 is 9.53 Å². The van der Waals surface area contributed by atoms with Gasteiger partial charge < -0.3 is 10.5 Å². The van der Waals surface area contributed by atoms with Crippen LogP contribution < -0.4 is 5.73 Å². The van der Waals surface area contributed by atoms with E-state index >= 15 is 0 Å². The molecule has 0 aliphatic rings. The molecule has 0 amide bonds. The van der Waals surface area contributed by atoms with Crippen LogP contribution in [0.2, 0.25) is 0 Å². The number of carbonyl (C=O) groups excluding carboxylic acids is 1. The maximum atomic E-state index is 12.1. The fourth-order valence-electron chi connectivity index (χ4n) is 1.98. The Morgan fingerprint density at radius 1 is 1.25 bits per heavy atom. The Labute approximate surface area is 123 Å². The number of thiophene rings is 1. The molecule has 106 valence electrons. The molecule has 0 aliphatic carbocycles. The summed E-state index contributed by atoms with van der Waals surface area (Å²) in [6, 6.07) is 8.20. The van der Waals surface area contributed by atoms with Crippen molar-refractivity contribution in [1.82, 2.24) is 0 Å². The molecule has 1 aromatic heterocycles. The van der Waals surface area contributed by atoms with Gasteiger partial charge in [-0.15, -0.1) is 11.3 Å². The zero-order chi connectivity index (χ0) is 14.5. The van der Waals surface area contributed by atoms with Gasteiger partial charge >= 0.3 is 5.97 Å². The quantitative estimate of drug-likeness (QED) is 0.842. The molecule has 0 spiro atoms. The van der Waals surface area contributed by atoms with Crippen molar-refractivity contribution in [2.45, 2.75) is 26.7 Å². The van der Waals surface area contributed by atoms with E-state index in [1.807, 2.05) is 24.4 Å². The number of benzene rings is 1. The van der Waals surface area contributed by atoms with Crippen LogP contribution in [0.15, 0.2) is 29.6 Å². The number of nitrogen functional groups attached to an aromatic ring is 1. The summed E-state index contributed by atoms with van der Waals surface area (Å²) in [7, 11) is 0. The van der Waals surface area contributed by atoms with E-state index in [-0.39, 0.29) is 5.97 Å². The van der Waals surface area contributed by atoms with Crippen LogP contribution in [-0.2, 0) is 11.2 Å². The average Bonchev–Trinajstić information content (AvgIpc) is 2.86. The van der Waals surface area contributed by atoms with Crippen LogP contribution in [0.5, 0.6) is 0 Å². The van der Waals surface area contributed by atoms with Crippen molar-refractivity contribution in [3.63, 3.8) is 0 Å². The predicted molar refractivity (Wildman–Crippen MR) is 84.1 cm³/mol. The standard InChI is InChI=1S/C16H19NO2S/c1-3-9-19-16(18)14-13(10-20-15(14)17)12-7-5-11(4-2)6-8-12/h5-8,10H,3-4,9,17H2,1-2H3. The second-order valence-corrected chi connectivity index (χ2v) is 5.49. The van der Waals surface area contributed by atoms with E-state index in [9.17, 15) is 4.79 Å². The minimum Gasteiger partial charge on any atom is -0.462 e. The molecule has 2 N–H and O–H groups in total. The summed E-state index contributed by atoms with van der Waals surface area (Å²) >= 11 is 1.37. The van der Waals surface area contributed by atoms with Crippen LogP contribution >= 0.6 is 11.3 Å². The number of hydrogen-bond acceptors (Lipinski definition) is 4. The molecule has 0 radical (unpaired) electrons. The minimum absolute atomic E-state index is 0.333. The van der Waals surface area contributed by atoms with Gasteiger partial charge in [-0.1, -0.05) is 38.1 Å². The lowest BCUT2D eigenvalue weighted by Gasteiger charge is -2.07. The van der Waals surface area contributed by atoms with E-state index in [1.54, 1.807) is 0 Å². The summed E-state index contributed by atoms with van der Waals surface area (Å²) in [6.45, 7) is 4.50. The third-order valence-corrected chi connectivity index (χ3v) is 3.95. The molecular formula is C16H19NO2S. The molecule has 0 atom stereocenters. The summed E-state index contributed by atoms with van der Waals surface area (Å²) in [4.78, 5) is 12.1. The first-order valence-corrected chi connectivity index (χ1v) is 7.68. The monoisotopic (exact) mass is 289 g/mol. The van der Waals surface area contributed by atoms with Crippen LogP contribution in [0.25, 0.3) is 11.1 Å². The van der Waals surface area contributed by atoms with Gasteiger partial charge in [0.05, 0.1) is 6.61 Å². The number of carbonyl (C=O) groups is 1. The largest absolute Gasteiger partial charge is 0.462 e. The van der Waals surface area contributed by atoms with Gasteiger partial charge in [-0.25, -0.2) is 4.79 Å². The maximum Gasteiger partial charge on any atom is 0.341 e. The SMILES string of the molecule is CCCOC(=O)c1c(-c2ccc(CC)cc2)csc1N. The predicted octanol–water partition coefficient (Wildman–Crippen LogP) is 4.13. The van der Waals surface area contributed by atoms with Gasteiger partial charge in [-0.3, -0.25) is 0 Å². The van der Waals surface area contributed by atoms with Gasteiger partial charge in [0.1, 0.15) is 10.6 Å². The molecule has 0 saturated heterocycles. The molecule has 4 heteroatoms. The van der Waals surface area contributed by atoms with Crippen molar-refractivity contribution in [3.8, 4) is 11.1 Å². The highest BCUT2D eigenvalue weighted by atomic mass is 32.1. The molecule has 0 unspecified atom stereocenters. The van der Waals surface area contributed by atoms with E-state index in [0.717, 1.165) is 24.0 Å². The van der Waals surface area contributed by atoms with E-state index in [2.05, 4.69) is 19.1 Å². The Morgan fingerprint density at radius 3 is 2.55 bits per heavy atom. The topological polar surface area (TPSA) is 52.3 Å². The maximum absolute atomic E-state index is 12.1. The Hall–Kier alpha value is -1.81. The molecule has 0 bridgehead atoms. The highest BCUT2D eigenvalue weighted by molar-refractivity contribution is 7.14. The Bertz CT molecular complexity index is 587. The fourth-order valence-corrected chi connectivity index (χ4v) is 2.79. The highest BCUT2D eigenvalue weighted by Crippen LogP contribution is 2.34. The molecule has 2 rings (SSSR count). The molecule has 1 aromatic carbocycles. The molecule has 3 nitrogen and oxygen atoms in total. The summed E-state index contributed by atoms with van der Waals surface area (Å²) < 4.78 is 5.21. The highest BCUT2D eigenvalue weighted by Gasteiger charge is 2.19. The lowest BCUT2D eigenvalue weighted by atomic mass is 10.0. The van der Waals surface area contributed by atoms with Gasteiger partial charge in [0.15, 0.2) is 0 Å². The number of esters is 1. The molecule has 20 heavy (non-hydrogen) atoms. The molecule has 1 heterocycles. The number of anilines is 1. The van der Waals surface area contributed by atoms with E-state index in [0.29, 0.717) is 17.2 Å². The summed E-state index contributed by atoms with van der Waals surface area (Å²) in [5.74, 6) is -0.333. The summed E-state index contributed by atoms with van der Waals surface area (Å²) in [5, 5.41) is 2.43. The molecular weight excluding hydrogens is 270 g/mol. The van der Waals surface area contributed by atoms with Crippen molar-refractivity contribution in [2.75, 3.05) is 12.3 Å². The van der Waals surface area contributed by atoms with E-state index < -0.39 is 0 Å². The van der Waals surface area contributed by atoms with Crippen molar-refractivity contribution in [2.24, 2.45) is 0 Å². The number of aryl methyl sites for hydroxylation is 1. The Balaban J connectivity index is 2.34. The van der Waals surface area contributed by atoms with Gasteiger partial charge in [0.2, 0.25) is 0 Å². The lowest BCUT2D eigenvalue weighted by molar-refractivity contribution is 0.0508. The van der Waals surface area contributed by atoms with Crippen LogP contribution in [-0.4, -0.2) is 12.6 Å². The van der Waals surface area contributed by atoms with Crippen molar-refractivity contribution in [1.29, 1.82) is 0 Å². The second kappa shape index (κ2) is 6.57. The molecule has 2 aromatic rings. The second-order valence-electron chi connectivity index (χ2n) is 4.58. The van der Waals surface area contributed by atoms with Crippen molar-refractivity contribution in [3.05, 3.63) is 40.8 Å². The normalized spacial score (nSPS) is 10.5. The van der Waals surface area contributed by atoms with Crippen LogP contribution in [0.3, 0.4) is 0 Å². The van der Waals surface area contributed by atoms with Crippen molar-refractivity contribution >= 4 is 22.3 Å². The van der Waals surface area contributed by atoms with E-state index in [1.165, 1.54) is 16.9 Å². The van der Waals surface area contributed by atoms with Gasteiger partial charge in [0.25, 0.3) is 0 Å². The zero-order valence-corrected chi connectivity index (χ0v) is 12.6. The third-order valence-electron chi connectivity index (χ3n) is 3.13. The smallest absolute Gasteiger partial charge is 0.341 e. The van der Waals surface area contributed by atoms with Crippen LogP contribution in [0.4, 0.5) is 5.00 Å². The Morgan fingerprint density at radius 2 is 1.95 bits per heavy atom. The van der Waals surface area contributed by atoms with E-state index in [4.69, 9.17) is 10.5 Å². The third kappa shape index (κ3) is 3.02. The van der Waals surface area contributed by atoms with Gasteiger partial charge in [-0.05, 0) is 24.0 Å². The minimum atomic E-state index is -0.333. The first-order chi connectivity index (χ1) is 9.67. The summed E-state index contributed by atoms with van der Waals surface area (Å²) in [5.41, 5.74) is 9.55. The first kappa shape index (κ1) is 14.6. The number of nitrogens with two attached hydrogens (primary N) is 1. The number of rotatable bonds is 5. The lowest BCUT2D eigenvalue weighted by Crippen LogP contribution is -2.08. The Kier molecular flexibility index (Phi) is 4.79. The first-order valence-electron chi connectivity index (χ1n) is 6.80. The fraction of sp³-hybridized carbons (Fsp3) is 0.312. The van der Waals surface area contributed by atoms with Crippen LogP contribution in [0.1, 0.15) is 36.2 Å². The molecule has 0 fully saturated rings. The van der Waals surface area contributed by atoms with Gasteiger partial charge in [0, 0.05) is 10.9 Å². The summed E-state index contributed by atoms with van der Waals surface area (Å²) in [6.07, 6.45) is 1.80. The molecule has 0 aliphatic heterocycles. The number of ether oxygens (including phenoxy) is 1. The average molecular weight is 289 g/mol. The van der Waals surface area contributed by atoms with Gasteiger partial charge in [-0.2, -0.15) is 0 Å².